The van der Waals surface area contributed by atoms with E-state index in [0.29, 0.717) is 17.1 Å². The predicted molar refractivity (Wildman–Crippen MR) is 96.1 cm³/mol. The first-order valence-electron chi connectivity index (χ1n) is 8.06. The molecule has 0 bridgehead atoms. The van der Waals surface area contributed by atoms with Crippen molar-refractivity contribution in [1.29, 1.82) is 0 Å². The number of rotatable bonds is 5. The first-order chi connectivity index (χ1) is 13.4. The third-order valence-electron chi connectivity index (χ3n) is 4.31. The van der Waals surface area contributed by atoms with Crippen molar-refractivity contribution < 1.29 is 33.6 Å². The number of aromatic amines is 1. The molecule has 3 rings (SSSR count). The maximum atomic E-state index is 12.5. The molecule has 0 radical (unpaired) electrons. The van der Waals surface area contributed by atoms with Crippen LogP contribution in [0.5, 0.6) is 17.2 Å². The molecule has 1 atom stereocenters. The summed E-state index contributed by atoms with van der Waals surface area (Å²) < 4.78 is 19.9. The van der Waals surface area contributed by atoms with E-state index >= 15 is 0 Å². The molecule has 1 unspecified atom stereocenters. The minimum Gasteiger partial charge on any atom is -0.506 e. The van der Waals surface area contributed by atoms with Gasteiger partial charge in [-0.15, -0.1) is 0 Å². The Morgan fingerprint density at radius 1 is 1.29 bits per heavy atom. The number of nitrogens with one attached hydrogen (secondary N) is 1. The Morgan fingerprint density at radius 3 is 2.71 bits per heavy atom. The first kappa shape index (κ1) is 19.6. The van der Waals surface area contributed by atoms with Crippen LogP contribution in [0.15, 0.2) is 23.1 Å². The molecule has 2 aromatic rings. The molecular formula is C18H16ClNO8. The number of aromatic hydroxyl groups is 1. The van der Waals surface area contributed by atoms with Crippen molar-refractivity contribution in [3.63, 3.8) is 0 Å². The van der Waals surface area contributed by atoms with Gasteiger partial charge in [0.1, 0.15) is 11.3 Å². The van der Waals surface area contributed by atoms with E-state index in [1.807, 2.05) is 0 Å². The topological polar surface area (TPSA) is 124 Å². The minimum atomic E-state index is -0.979. The van der Waals surface area contributed by atoms with Gasteiger partial charge in [-0.1, -0.05) is 11.6 Å². The lowest BCUT2D eigenvalue weighted by atomic mass is 9.87. The van der Waals surface area contributed by atoms with Gasteiger partial charge in [0.15, 0.2) is 11.5 Å². The molecule has 0 saturated carbocycles. The second kappa shape index (κ2) is 7.81. The second-order valence-electron chi connectivity index (χ2n) is 5.85. The molecule has 2 heterocycles. The summed E-state index contributed by atoms with van der Waals surface area (Å²) in [7, 11) is 2.33. The van der Waals surface area contributed by atoms with Crippen molar-refractivity contribution >= 4 is 23.5 Å². The predicted octanol–water partition coefficient (Wildman–Crippen LogP) is 1.94. The van der Waals surface area contributed by atoms with Crippen LogP contribution in [0.1, 0.15) is 33.8 Å². The van der Waals surface area contributed by atoms with Gasteiger partial charge in [-0.3, -0.25) is 9.59 Å². The summed E-state index contributed by atoms with van der Waals surface area (Å²) in [6.45, 7) is -0.0240. The summed E-state index contributed by atoms with van der Waals surface area (Å²) >= 11 is 6.22. The van der Waals surface area contributed by atoms with Crippen LogP contribution < -0.4 is 15.0 Å². The molecule has 148 valence electrons. The number of hydrogen-bond acceptors (Lipinski definition) is 8. The van der Waals surface area contributed by atoms with Gasteiger partial charge in [0.2, 0.25) is 6.79 Å². The number of aromatic nitrogens is 1. The third-order valence-corrected chi connectivity index (χ3v) is 4.59. The molecule has 2 N–H and O–H groups in total. The van der Waals surface area contributed by atoms with Gasteiger partial charge < -0.3 is 29.0 Å². The van der Waals surface area contributed by atoms with E-state index in [9.17, 15) is 19.5 Å². The Morgan fingerprint density at radius 2 is 2.04 bits per heavy atom. The highest BCUT2D eigenvalue weighted by Crippen LogP contribution is 2.44. The van der Waals surface area contributed by atoms with E-state index in [4.69, 9.17) is 25.8 Å². The van der Waals surface area contributed by atoms with E-state index in [0.717, 1.165) is 13.3 Å². The molecule has 1 aliphatic heterocycles. The quantitative estimate of drug-likeness (QED) is 0.718. The summed E-state index contributed by atoms with van der Waals surface area (Å²) in [5, 5.41) is 10.8. The lowest BCUT2D eigenvalue weighted by Crippen LogP contribution is -2.22. The van der Waals surface area contributed by atoms with Gasteiger partial charge in [0.25, 0.3) is 5.56 Å². The number of esters is 2. The summed E-state index contributed by atoms with van der Waals surface area (Å²) in [5.74, 6) is -2.40. The first-order valence-corrected chi connectivity index (χ1v) is 8.43. The number of pyridine rings is 1. The number of carbonyl (C=O) groups excluding carboxylic acids is 2. The van der Waals surface area contributed by atoms with Crippen LogP contribution in [0.2, 0.25) is 5.02 Å². The van der Waals surface area contributed by atoms with Crippen LogP contribution in [0.3, 0.4) is 0 Å². The van der Waals surface area contributed by atoms with Gasteiger partial charge in [-0.2, -0.15) is 0 Å². The molecule has 0 spiro atoms. The van der Waals surface area contributed by atoms with Crippen LogP contribution in [0.4, 0.5) is 0 Å². The number of methoxy groups -OCH3 is 2. The zero-order valence-corrected chi connectivity index (χ0v) is 15.7. The summed E-state index contributed by atoms with van der Waals surface area (Å²) in [6, 6.07) is 3.04. The van der Waals surface area contributed by atoms with Crippen molar-refractivity contribution in [2.45, 2.75) is 12.3 Å². The van der Waals surface area contributed by atoms with E-state index in [2.05, 4.69) is 9.72 Å². The summed E-state index contributed by atoms with van der Waals surface area (Å²) in [4.78, 5) is 38.8. The van der Waals surface area contributed by atoms with Crippen molar-refractivity contribution in [2.75, 3.05) is 21.0 Å². The average molecular weight is 410 g/mol. The van der Waals surface area contributed by atoms with Gasteiger partial charge in [-0.05, 0) is 17.7 Å². The monoisotopic (exact) mass is 409 g/mol. The molecule has 9 nitrogen and oxygen atoms in total. The molecule has 0 amide bonds. The van der Waals surface area contributed by atoms with Crippen LogP contribution in [-0.4, -0.2) is 43.0 Å². The van der Waals surface area contributed by atoms with Gasteiger partial charge in [0, 0.05) is 12.1 Å². The number of carbonyl (C=O) groups is 2. The van der Waals surface area contributed by atoms with Crippen molar-refractivity contribution in [3.8, 4) is 17.2 Å². The van der Waals surface area contributed by atoms with Crippen molar-refractivity contribution in [2.24, 2.45) is 0 Å². The number of benzene rings is 1. The SMILES string of the molecule is COC(=O)CC(c1cc(Cl)c2c(c1)OCO2)c1c(O)c(C(=O)OC)c[nH]c1=O. The number of ether oxygens (including phenoxy) is 4. The minimum absolute atomic E-state index is 0.0240. The highest BCUT2D eigenvalue weighted by atomic mass is 35.5. The fourth-order valence-corrected chi connectivity index (χ4v) is 3.22. The lowest BCUT2D eigenvalue weighted by molar-refractivity contribution is -0.140. The van der Waals surface area contributed by atoms with Gasteiger partial charge >= 0.3 is 11.9 Å². The highest BCUT2D eigenvalue weighted by molar-refractivity contribution is 6.32. The van der Waals surface area contributed by atoms with E-state index in [1.165, 1.54) is 13.2 Å². The zero-order chi connectivity index (χ0) is 20.4. The Bertz CT molecular complexity index is 1000. The zero-order valence-electron chi connectivity index (χ0n) is 14.9. The average Bonchev–Trinajstić information content (AvgIpc) is 3.15. The molecule has 0 fully saturated rings. The molecule has 1 aromatic heterocycles. The maximum Gasteiger partial charge on any atom is 0.343 e. The van der Waals surface area contributed by atoms with Crippen LogP contribution in [0.25, 0.3) is 0 Å². The number of hydrogen-bond donors (Lipinski definition) is 2. The standard InChI is InChI=1S/C18H16ClNO8/c1-25-13(21)5-9(8-3-11(19)16-12(4-8)27-7-28-16)14-15(22)10(18(24)26-2)6-20-17(14)23/h3-4,6,9H,5,7H2,1-2H3,(H2,20,22,23). The maximum absolute atomic E-state index is 12.5. The van der Waals surface area contributed by atoms with E-state index in [-0.39, 0.29) is 29.4 Å². The van der Waals surface area contributed by atoms with Gasteiger partial charge in [0.05, 0.1) is 31.2 Å². The Balaban J connectivity index is 2.20. The summed E-state index contributed by atoms with van der Waals surface area (Å²) in [6.07, 6.45) is 0.739. The normalized spacial score (nSPS) is 13.1. The number of halogens is 1. The lowest BCUT2D eigenvalue weighted by Gasteiger charge is -2.19. The molecule has 10 heteroatoms. The fraction of sp³-hybridized carbons (Fsp3) is 0.278. The molecule has 1 aliphatic rings. The van der Waals surface area contributed by atoms with Gasteiger partial charge in [-0.25, -0.2) is 4.79 Å². The van der Waals surface area contributed by atoms with Crippen LogP contribution >= 0.6 is 11.6 Å². The third kappa shape index (κ3) is 3.48. The fourth-order valence-electron chi connectivity index (χ4n) is 2.95. The summed E-state index contributed by atoms with van der Waals surface area (Å²) in [5.41, 5.74) is -0.752. The Labute approximate surface area is 163 Å². The molecular weight excluding hydrogens is 394 g/mol. The smallest absolute Gasteiger partial charge is 0.343 e. The Kier molecular flexibility index (Phi) is 5.46. The molecule has 28 heavy (non-hydrogen) atoms. The van der Waals surface area contributed by atoms with Crippen molar-refractivity contribution in [3.05, 3.63) is 50.4 Å². The van der Waals surface area contributed by atoms with Crippen LogP contribution in [0, 0.1) is 0 Å². The number of fused-ring (bicyclic) bond motifs is 1. The molecule has 0 aliphatic carbocycles. The molecule has 1 aromatic carbocycles. The van der Waals surface area contributed by atoms with E-state index in [1.54, 1.807) is 6.07 Å². The Hall–Kier alpha value is -3.20. The molecule has 0 saturated heterocycles. The second-order valence-corrected chi connectivity index (χ2v) is 6.26. The van der Waals surface area contributed by atoms with Crippen molar-refractivity contribution in [1.82, 2.24) is 4.98 Å². The van der Waals surface area contributed by atoms with E-state index < -0.39 is 29.2 Å². The largest absolute Gasteiger partial charge is 0.506 e. The van der Waals surface area contributed by atoms with Crippen LogP contribution in [-0.2, 0) is 14.3 Å². The number of H-pyrrole nitrogens is 1. The highest BCUT2D eigenvalue weighted by Gasteiger charge is 2.30.